The minimum absolute atomic E-state index is 0.107. The molecule has 0 radical (unpaired) electrons. The van der Waals surface area contributed by atoms with Crippen molar-refractivity contribution in [1.82, 2.24) is 9.97 Å². The molecule has 0 aliphatic heterocycles. The second kappa shape index (κ2) is 8.08. The molecule has 3 aromatic rings. The maximum atomic E-state index is 13.6. The molecule has 0 spiro atoms. The average molecular weight is 386 g/mol. The number of rotatable bonds is 5. The van der Waals surface area contributed by atoms with Crippen molar-refractivity contribution >= 4 is 23.1 Å². The molecule has 8 heteroatoms. The lowest BCUT2D eigenvalue weighted by Crippen LogP contribution is -2.16. The standard InChI is InChI=1S/C20H17F3N4O/c1-11(2)12-3-5-13(6-4-12)26-17-10-24-16(9-25-17)20(28)27-15-8-7-14(21)18(22)19(15)23/h3-11H,1-2H3,(H,25,26)(H,27,28). The summed E-state index contributed by atoms with van der Waals surface area (Å²) in [6, 6.07) is 9.46. The lowest BCUT2D eigenvalue weighted by Gasteiger charge is -2.09. The second-order valence-electron chi connectivity index (χ2n) is 6.37. The number of hydrogen-bond acceptors (Lipinski definition) is 4. The van der Waals surface area contributed by atoms with Crippen LogP contribution in [0, 0.1) is 17.5 Å². The normalized spacial score (nSPS) is 10.8. The summed E-state index contributed by atoms with van der Waals surface area (Å²) in [6.07, 6.45) is 2.53. The van der Waals surface area contributed by atoms with Gasteiger partial charge >= 0.3 is 0 Å². The molecular formula is C20H17F3N4O. The van der Waals surface area contributed by atoms with E-state index >= 15 is 0 Å². The SMILES string of the molecule is CC(C)c1ccc(Nc2cnc(C(=O)Nc3ccc(F)c(F)c3F)cn2)cc1. The Kier molecular flexibility index (Phi) is 5.58. The molecule has 0 unspecified atom stereocenters. The molecule has 1 amide bonds. The minimum atomic E-state index is -1.66. The molecule has 28 heavy (non-hydrogen) atoms. The van der Waals surface area contributed by atoms with Crippen LogP contribution in [0.4, 0.5) is 30.4 Å². The molecule has 2 aromatic carbocycles. The van der Waals surface area contributed by atoms with Crippen LogP contribution >= 0.6 is 0 Å². The summed E-state index contributed by atoms with van der Waals surface area (Å²) in [6.45, 7) is 4.20. The van der Waals surface area contributed by atoms with Gasteiger partial charge in [0.2, 0.25) is 0 Å². The lowest BCUT2D eigenvalue weighted by molar-refractivity contribution is 0.102. The van der Waals surface area contributed by atoms with Gasteiger partial charge in [0.15, 0.2) is 17.5 Å². The third-order valence-corrected chi connectivity index (χ3v) is 4.02. The van der Waals surface area contributed by atoms with Crippen molar-refractivity contribution in [2.75, 3.05) is 10.6 Å². The van der Waals surface area contributed by atoms with E-state index in [0.29, 0.717) is 11.7 Å². The third-order valence-electron chi connectivity index (χ3n) is 4.02. The van der Waals surface area contributed by atoms with Crippen molar-refractivity contribution in [1.29, 1.82) is 0 Å². The predicted molar refractivity (Wildman–Crippen MR) is 100 cm³/mol. The Morgan fingerprint density at radius 2 is 1.64 bits per heavy atom. The van der Waals surface area contributed by atoms with Crippen molar-refractivity contribution in [3.63, 3.8) is 0 Å². The highest BCUT2D eigenvalue weighted by Gasteiger charge is 2.16. The molecule has 1 heterocycles. The van der Waals surface area contributed by atoms with Crippen LogP contribution in [-0.2, 0) is 0 Å². The number of halogens is 3. The van der Waals surface area contributed by atoms with E-state index in [0.717, 1.165) is 17.8 Å². The highest BCUT2D eigenvalue weighted by molar-refractivity contribution is 6.02. The highest BCUT2D eigenvalue weighted by Crippen LogP contribution is 2.21. The first-order chi connectivity index (χ1) is 13.3. The Balaban J connectivity index is 1.68. The first-order valence-electron chi connectivity index (χ1n) is 8.49. The molecule has 2 N–H and O–H groups in total. The van der Waals surface area contributed by atoms with Crippen LogP contribution in [0.1, 0.15) is 35.8 Å². The van der Waals surface area contributed by atoms with Crippen molar-refractivity contribution in [2.24, 2.45) is 0 Å². The summed E-state index contributed by atoms with van der Waals surface area (Å²) in [5, 5.41) is 5.19. The monoisotopic (exact) mass is 386 g/mol. The Bertz CT molecular complexity index is 990. The van der Waals surface area contributed by atoms with Gasteiger partial charge in [-0.3, -0.25) is 4.79 Å². The summed E-state index contributed by atoms with van der Waals surface area (Å²) in [4.78, 5) is 20.2. The van der Waals surface area contributed by atoms with E-state index in [1.807, 2.05) is 24.3 Å². The highest BCUT2D eigenvalue weighted by atomic mass is 19.2. The topological polar surface area (TPSA) is 66.9 Å². The number of carbonyl (C=O) groups is 1. The van der Waals surface area contributed by atoms with E-state index in [4.69, 9.17) is 0 Å². The summed E-state index contributed by atoms with van der Waals surface area (Å²) < 4.78 is 39.8. The Hall–Kier alpha value is -3.42. The summed E-state index contributed by atoms with van der Waals surface area (Å²) in [5.74, 6) is -4.45. The van der Waals surface area contributed by atoms with Crippen LogP contribution in [0.15, 0.2) is 48.8 Å². The summed E-state index contributed by atoms with van der Waals surface area (Å²) in [7, 11) is 0. The number of hydrogen-bond donors (Lipinski definition) is 2. The third kappa shape index (κ3) is 4.28. The molecule has 0 aliphatic rings. The van der Waals surface area contributed by atoms with E-state index < -0.39 is 29.0 Å². The molecule has 0 bridgehead atoms. The zero-order valence-corrected chi connectivity index (χ0v) is 15.1. The maximum Gasteiger partial charge on any atom is 0.275 e. The van der Waals surface area contributed by atoms with E-state index in [-0.39, 0.29) is 5.69 Å². The van der Waals surface area contributed by atoms with Crippen LogP contribution in [-0.4, -0.2) is 15.9 Å². The summed E-state index contributed by atoms with van der Waals surface area (Å²) in [5.41, 5.74) is 1.41. The zero-order valence-electron chi connectivity index (χ0n) is 15.1. The van der Waals surface area contributed by atoms with Crippen LogP contribution in [0.5, 0.6) is 0 Å². The van der Waals surface area contributed by atoms with Crippen molar-refractivity contribution in [3.05, 3.63) is 77.5 Å². The molecule has 0 saturated carbocycles. The van der Waals surface area contributed by atoms with E-state index in [2.05, 4.69) is 34.4 Å². The number of nitrogens with one attached hydrogen (secondary N) is 2. The van der Waals surface area contributed by atoms with Gasteiger partial charge in [0.05, 0.1) is 18.1 Å². The van der Waals surface area contributed by atoms with Crippen LogP contribution in [0.2, 0.25) is 0 Å². The van der Waals surface area contributed by atoms with Crippen molar-refractivity contribution in [2.45, 2.75) is 19.8 Å². The van der Waals surface area contributed by atoms with Gasteiger partial charge in [-0.25, -0.2) is 23.1 Å². The number of anilines is 3. The van der Waals surface area contributed by atoms with E-state index in [1.54, 1.807) is 0 Å². The van der Waals surface area contributed by atoms with Gasteiger partial charge < -0.3 is 10.6 Å². The molecule has 5 nitrogen and oxygen atoms in total. The minimum Gasteiger partial charge on any atom is -0.339 e. The molecule has 144 valence electrons. The molecule has 0 atom stereocenters. The van der Waals surface area contributed by atoms with Gasteiger partial charge in [0.25, 0.3) is 5.91 Å². The lowest BCUT2D eigenvalue weighted by atomic mass is 10.0. The largest absolute Gasteiger partial charge is 0.339 e. The molecule has 0 aliphatic carbocycles. The zero-order chi connectivity index (χ0) is 20.3. The Morgan fingerprint density at radius 3 is 2.25 bits per heavy atom. The molecule has 3 rings (SSSR count). The number of amides is 1. The smallest absolute Gasteiger partial charge is 0.275 e. The molecule has 0 fully saturated rings. The predicted octanol–water partition coefficient (Wildman–Crippen LogP) is 5.01. The first kappa shape index (κ1) is 19.3. The fourth-order valence-electron chi connectivity index (χ4n) is 2.42. The van der Waals surface area contributed by atoms with Gasteiger partial charge in [-0.2, -0.15) is 0 Å². The number of benzene rings is 2. The van der Waals surface area contributed by atoms with E-state index in [1.165, 1.54) is 18.0 Å². The van der Waals surface area contributed by atoms with Crippen molar-refractivity contribution < 1.29 is 18.0 Å². The Labute approximate surface area is 159 Å². The number of aromatic nitrogens is 2. The van der Waals surface area contributed by atoms with Gasteiger partial charge in [0.1, 0.15) is 11.5 Å². The van der Waals surface area contributed by atoms with Crippen molar-refractivity contribution in [3.8, 4) is 0 Å². The van der Waals surface area contributed by atoms with Crippen LogP contribution in [0.3, 0.4) is 0 Å². The molecule has 1 aromatic heterocycles. The summed E-state index contributed by atoms with van der Waals surface area (Å²) >= 11 is 0. The van der Waals surface area contributed by atoms with Gasteiger partial charge in [0, 0.05) is 5.69 Å². The number of carbonyl (C=O) groups excluding carboxylic acids is 1. The maximum absolute atomic E-state index is 13.6. The van der Waals surface area contributed by atoms with Crippen LogP contribution < -0.4 is 10.6 Å². The van der Waals surface area contributed by atoms with Gasteiger partial charge in [-0.05, 0) is 35.7 Å². The quantitative estimate of drug-likeness (QED) is 0.605. The van der Waals surface area contributed by atoms with Crippen LogP contribution in [0.25, 0.3) is 0 Å². The average Bonchev–Trinajstić information content (AvgIpc) is 2.69. The fourth-order valence-corrected chi connectivity index (χ4v) is 2.42. The number of nitrogens with zero attached hydrogens (tertiary/aromatic N) is 2. The molecular weight excluding hydrogens is 369 g/mol. The first-order valence-corrected chi connectivity index (χ1v) is 8.49. The van der Waals surface area contributed by atoms with Gasteiger partial charge in [-0.1, -0.05) is 26.0 Å². The van der Waals surface area contributed by atoms with Gasteiger partial charge in [-0.15, -0.1) is 0 Å². The van der Waals surface area contributed by atoms with E-state index in [9.17, 15) is 18.0 Å². The Morgan fingerprint density at radius 1 is 0.929 bits per heavy atom. The molecule has 0 saturated heterocycles. The second-order valence-corrected chi connectivity index (χ2v) is 6.37. The fraction of sp³-hybridized carbons (Fsp3) is 0.150.